The molecule has 2 aromatic rings. The molecule has 0 aliphatic carbocycles. The van der Waals surface area contributed by atoms with E-state index in [1.165, 1.54) is 5.56 Å². The van der Waals surface area contributed by atoms with Crippen LogP contribution in [0.1, 0.15) is 97.3 Å². The summed E-state index contributed by atoms with van der Waals surface area (Å²) in [7, 11) is -1.69. The number of H-pyrrole nitrogens is 1. The minimum atomic E-state index is -1.69. The van der Waals surface area contributed by atoms with Crippen LogP contribution in [0.4, 0.5) is 0 Å². The molecule has 1 amide bonds. The number of hydrogen-bond acceptors (Lipinski definition) is 5. The Hall–Kier alpha value is -2.71. The van der Waals surface area contributed by atoms with Crippen LogP contribution in [0.3, 0.4) is 0 Å². The van der Waals surface area contributed by atoms with E-state index in [0.717, 1.165) is 44.1 Å². The zero-order valence-corrected chi connectivity index (χ0v) is 21.5. The molecule has 36 heavy (non-hydrogen) atoms. The summed E-state index contributed by atoms with van der Waals surface area (Å²) in [6.45, 7) is 3.89. The molecule has 2 heterocycles. The van der Waals surface area contributed by atoms with Gasteiger partial charge in [-0.25, -0.2) is 0 Å². The van der Waals surface area contributed by atoms with Crippen molar-refractivity contribution in [2.45, 2.75) is 84.0 Å². The Bertz CT molecular complexity index is 1030. The number of benzene rings is 1. The first-order chi connectivity index (χ1) is 17.2. The molecule has 0 radical (unpaired) electrons. The first-order valence-electron chi connectivity index (χ1n) is 13.2. The van der Waals surface area contributed by atoms with Gasteiger partial charge in [0.2, 0.25) is 5.91 Å². The lowest BCUT2D eigenvalue weighted by molar-refractivity contribution is -0.125. The van der Waals surface area contributed by atoms with Crippen LogP contribution < -0.4 is 5.32 Å². The predicted molar refractivity (Wildman–Crippen MR) is 141 cm³/mol. The largest absolute Gasteiger partial charge is 0.475 e. The number of fused-ring (bicyclic) bond motifs is 3. The van der Waals surface area contributed by atoms with E-state index in [2.05, 4.69) is 16.4 Å². The summed E-state index contributed by atoms with van der Waals surface area (Å²) in [4.78, 5) is 42.1. The molecule has 0 unspecified atom stereocenters. The van der Waals surface area contributed by atoms with Gasteiger partial charge in [0.25, 0.3) is 0 Å². The van der Waals surface area contributed by atoms with Gasteiger partial charge in [-0.2, -0.15) is 0 Å². The second-order valence-corrected chi connectivity index (χ2v) is 10.4. The third-order valence-electron chi connectivity index (χ3n) is 6.94. The van der Waals surface area contributed by atoms with Crippen LogP contribution in [0.5, 0.6) is 0 Å². The summed E-state index contributed by atoms with van der Waals surface area (Å²) < 4.78 is 0. The Labute approximate surface area is 214 Å². The van der Waals surface area contributed by atoms with Crippen LogP contribution >= 0.6 is 0 Å². The predicted octanol–water partition coefficient (Wildman–Crippen LogP) is 4.07. The van der Waals surface area contributed by atoms with Gasteiger partial charge < -0.3 is 20.3 Å². The van der Waals surface area contributed by atoms with Gasteiger partial charge in [0.1, 0.15) is 0 Å². The van der Waals surface area contributed by atoms with E-state index >= 15 is 0 Å². The number of rotatable bonds is 5. The van der Waals surface area contributed by atoms with Gasteiger partial charge >= 0.3 is 7.12 Å². The van der Waals surface area contributed by atoms with Gasteiger partial charge in [-0.15, -0.1) is 0 Å². The van der Waals surface area contributed by atoms with Gasteiger partial charge in [-0.1, -0.05) is 57.4 Å². The van der Waals surface area contributed by atoms with Gasteiger partial charge in [0, 0.05) is 18.8 Å². The minimum Gasteiger partial charge on any atom is -0.426 e. The molecule has 1 aliphatic heterocycles. The van der Waals surface area contributed by atoms with Crippen LogP contribution in [-0.4, -0.2) is 45.6 Å². The van der Waals surface area contributed by atoms with E-state index in [9.17, 15) is 24.4 Å². The van der Waals surface area contributed by atoms with Crippen molar-refractivity contribution in [1.29, 1.82) is 0 Å². The van der Waals surface area contributed by atoms with Crippen molar-refractivity contribution in [2.24, 2.45) is 11.8 Å². The average Bonchev–Trinajstić information content (AvgIpc) is 3.33. The third-order valence-corrected chi connectivity index (χ3v) is 6.94. The fourth-order valence-corrected chi connectivity index (χ4v) is 4.91. The highest BCUT2D eigenvalue weighted by Gasteiger charge is 2.31. The van der Waals surface area contributed by atoms with E-state index in [1.54, 1.807) is 12.1 Å². The summed E-state index contributed by atoms with van der Waals surface area (Å²) in [5.74, 6) is -1.99. The van der Waals surface area contributed by atoms with Crippen LogP contribution in [0, 0.1) is 11.8 Å². The summed E-state index contributed by atoms with van der Waals surface area (Å²) in [5.41, 5.74) is 2.94. The van der Waals surface area contributed by atoms with Crippen molar-refractivity contribution in [1.82, 2.24) is 10.3 Å². The maximum atomic E-state index is 13.4. The molecule has 1 aromatic heterocycles. The van der Waals surface area contributed by atoms with Gasteiger partial charge in [-0.3, -0.25) is 14.4 Å². The lowest BCUT2D eigenvalue weighted by Gasteiger charge is -2.24. The number of hydrogen-bond donors (Lipinski definition) is 4. The van der Waals surface area contributed by atoms with E-state index < -0.39 is 19.0 Å². The minimum absolute atomic E-state index is 0.00600. The Morgan fingerprint density at radius 2 is 1.53 bits per heavy atom. The van der Waals surface area contributed by atoms with Crippen molar-refractivity contribution in [3.05, 3.63) is 58.9 Å². The van der Waals surface area contributed by atoms with Crippen molar-refractivity contribution in [3.8, 4) is 0 Å². The zero-order chi connectivity index (χ0) is 26.1. The molecule has 0 fully saturated rings. The normalized spacial score (nSPS) is 18.9. The summed E-state index contributed by atoms with van der Waals surface area (Å²) in [5, 5.41) is 22.4. The monoisotopic (exact) mass is 494 g/mol. The molecule has 0 saturated carbocycles. The van der Waals surface area contributed by atoms with Crippen molar-refractivity contribution in [2.75, 3.05) is 0 Å². The highest BCUT2D eigenvalue weighted by molar-refractivity contribution is 6.43. The number of ketones is 2. The second-order valence-electron chi connectivity index (χ2n) is 10.4. The number of Topliss-reactive ketones (excluding diaryl/α,β-unsaturated/α-hetero) is 2. The maximum Gasteiger partial charge on any atom is 0.475 e. The molecule has 194 valence electrons. The summed E-state index contributed by atoms with van der Waals surface area (Å²) >= 11 is 0. The molecular weight excluding hydrogens is 455 g/mol. The van der Waals surface area contributed by atoms with E-state index in [4.69, 9.17) is 0 Å². The highest BCUT2D eigenvalue weighted by Crippen LogP contribution is 2.22. The van der Waals surface area contributed by atoms with Crippen molar-refractivity contribution >= 4 is 24.6 Å². The Morgan fingerprint density at radius 1 is 0.917 bits per heavy atom. The lowest BCUT2D eigenvalue weighted by atomic mass is 9.74. The fraction of sp³-hybridized carbons (Fsp3) is 0.536. The van der Waals surface area contributed by atoms with Crippen molar-refractivity contribution in [3.63, 3.8) is 0 Å². The van der Waals surface area contributed by atoms with Crippen LogP contribution in [0.15, 0.2) is 36.4 Å². The third kappa shape index (κ3) is 8.17. The first kappa shape index (κ1) is 27.9. The lowest BCUT2D eigenvalue weighted by Crippen LogP contribution is -2.49. The average molecular weight is 494 g/mol. The SMILES string of the molecule is CC(C)C[C@H](NC(=O)[C@H]1CC(=O)c2ccc([nH]2)C(=O)CCCCCCCc2ccccc2C1)B(O)O. The quantitative estimate of drug-likeness (QED) is 0.468. The highest BCUT2D eigenvalue weighted by atomic mass is 16.4. The standard InChI is InChI=1S/C28H39BN2O5/c1-19(2)16-27(29(35)36)31-28(34)22-17-21-12-9-8-11-20(21)10-6-4-3-5-7-13-25(32)23-14-15-24(30-23)26(33)18-22/h8-9,11-12,14-15,19,22,27,30,35-36H,3-7,10,13,16-18H2,1-2H3,(H,31,34)/t22-,27+/m1/s1. The molecule has 2 bridgehead atoms. The summed E-state index contributed by atoms with van der Waals surface area (Å²) in [6.07, 6.45) is 7.05. The second kappa shape index (κ2) is 13.6. The van der Waals surface area contributed by atoms with Gasteiger partial charge in [0.05, 0.1) is 17.3 Å². The van der Waals surface area contributed by atoms with Gasteiger partial charge in [-0.05, 0) is 61.3 Å². The maximum absolute atomic E-state index is 13.4. The molecule has 4 N–H and O–H groups in total. The Kier molecular flexibility index (Phi) is 10.5. The van der Waals surface area contributed by atoms with Crippen LogP contribution in [-0.2, 0) is 17.6 Å². The molecular formula is C28H39BN2O5. The molecule has 8 heteroatoms. The van der Waals surface area contributed by atoms with Crippen molar-refractivity contribution < 1.29 is 24.4 Å². The zero-order valence-electron chi connectivity index (χ0n) is 21.5. The Morgan fingerprint density at radius 3 is 2.19 bits per heavy atom. The van der Waals surface area contributed by atoms with E-state index in [0.29, 0.717) is 30.7 Å². The molecule has 7 nitrogen and oxygen atoms in total. The molecule has 3 rings (SSSR count). The smallest absolute Gasteiger partial charge is 0.426 e. The van der Waals surface area contributed by atoms with Crippen LogP contribution in [0.25, 0.3) is 0 Å². The van der Waals surface area contributed by atoms with E-state index in [1.807, 2.05) is 32.0 Å². The number of nitrogens with one attached hydrogen (secondary N) is 2. The van der Waals surface area contributed by atoms with Crippen LogP contribution in [0.2, 0.25) is 0 Å². The topological polar surface area (TPSA) is 119 Å². The number of aromatic amines is 1. The number of amides is 1. The summed E-state index contributed by atoms with van der Waals surface area (Å²) in [6, 6.07) is 11.3. The molecule has 1 aliphatic rings. The molecule has 1 aromatic carbocycles. The van der Waals surface area contributed by atoms with Gasteiger partial charge in [0.15, 0.2) is 11.6 Å². The molecule has 2 atom stereocenters. The fourth-order valence-electron chi connectivity index (χ4n) is 4.91. The van der Waals surface area contributed by atoms with E-state index in [-0.39, 0.29) is 29.8 Å². The molecule has 0 spiro atoms. The number of aromatic nitrogens is 1. The first-order valence-corrected chi connectivity index (χ1v) is 13.2. The molecule has 0 saturated heterocycles. The number of aryl methyl sites for hydroxylation is 1. The number of carbonyl (C=O) groups excluding carboxylic acids is 3. The number of carbonyl (C=O) groups is 3. The Balaban J connectivity index is 1.89.